The molecule has 1 N–H and O–H groups in total. The third kappa shape index (κ3) is 1.10. The van der Waals surface area contributed by atoms with Crippen molar-refractivity contribution >= 4 is 0 Å². The van der Waals surface area contributed by atoms with Gasteiger partial charge in [-0.2, -0.15) is 0 Å². The molecule has 2 rings (SSSR count). The Morgan fingerprint density at radius 2 is 2.12 bits per heavy atom. The van der Waals surface area contributed by atoms with Crippen molar-refractivity contribution in [3.8, 4) is 5.75 Å². The zero-order chi connectivity index (χ0) is 11.9. The number of fused-ring (bicyclic) bond motifs is 1. The van der Waals surface area contributed by atoms with Gasteiger partial charge in [-0.05, 0) is 24.1 Å². The molecule has 0 aliphatic heterocycles. The van der Waals surface area contributed by atoms with Gasteiger partial charge in [0.2, 0.25) is 0 Å². The first-order chi connectivity index (χ1) is 7.59. The van der Waals surface area contributed by atoms with Crippen molar-refractivity contribution in [3.05, 3.63) is 41.5 Å². The maximum atomic E-state index is 10.2. The average molecular weight is 220 g/mol. The number of rotatable bonds is 3. The largest absolute Gasteiger partial charge is 0.496 e. The summed E-state index contributed by atoms with van der Waals surface area (Å²) in [6.07, 6.45) is -0.667. The SMILES string of the molecule is C=C(C)[C@@]1(OC)c2c(OC)cccc2[C@@H]1O. The maximum absolute atomic E-state index is 10.2. The fourth-order valence-electron chi connectivity index (χ4n) is 2.46. The zero-order valence-electron chi connectivity index (χ0n) is 9.78. The van der Waals surface area contributed by atoms with Crippen LogP contribution in [0.25, 0.3) is 0 Å². The van der Waals surface area contributed by atoms with Crippen LogP contribution < -0.4 is 4.74 Å². The molecule has 1 aromatic rings. The third-order valence-corrected chi connectivity index (χ3v) is 3.29. The van der Waals surface area contributed by atoms with Crippen molar-refractivity contribution in [2.24, 2.45) is 0 Å². The molecule has 0 saturated carbocycles. The summed E-state index contributed by atoms with van der Waals surface area (Å²) in [6, 6.07) is 5.60. The summed E-state index contributed by atoms with van der Waals surface area (Å²) in [7, 11) is 3.19. The molecule has 1 aromatic carbocycles. The highest BCUT2D eigenvalue weighted by Crippen LogP contribution is 2.57. The monoisotopic (exact) mass is 220 g/mol. The minimum atomic E-state index is -0.818. The van der Waals surface area contributed by atoms with Crippen molar-refractivity contribution in [3.63, 3.8) is 0 Å². The number of benzene rings is 1. The molecule has 0 unspecified atom stereocenters. The molecule has 0 fully saturated rings. The van der Waals surface area contributed by atoms with Gasteiger partial charge in [-0.15, -0.1) is 0 Å². The van der Waals surface area contributed by atoms with Crippen LogP contribution in [0.3, 0.4) is 0 Å². The standard InChI is InChI=1S/C13H16O3/c1-8(2)13(16-4)11-9(12(13)14)6-5-7-10(11)15-3/h5-7,12,14H,1H2,2-4H3/t12-,13+/m0/s1. The van der Waals surface area contributed by atoms with E-state index < -0.39 is 11.7 Å². The fourth-order valence-corrected chi connectivity index (χ4v) is 2.46. The van der Waals surface area contributed by atoms with E-state index in [1.165, 1.54) is 0 Å². The molecule has 0 saturated heterocycles. The summed E-state index contributed by atoms with van der Waals surface area (Å²) in [5, 5.41) is 10.2. The van der Waals surface area contributed by atoms with E-state index in [0.717, 1.165) is 22.4 Å². The summed E-state index contributed by atoms with van der Waals surface area (Å²) in [4.78, 5) is 0. The fraction of sp³-hybridized carbons (Fsp3) is 0.385. The molecule has 2 atom stereocenters. The Labute approximate surface area is 95.3 Å². The molecule has 0 spiro atoms. The molecule has 0 bridgehead atoms. The second kappa shape index (κ2) is 3.61. The summed E-state index contributed by atoms with van der Waals surface area (Å²) >= 11 is 0. The topological polar surface area (TPSA) is 38.7 Å². The minimum absolute atomic E-state index is 0.667. The van der Waals surface area contributed by atoms with Gasteiger partial charge < -0.3 is 14.6 Å². The van der Waals surface area contributed by atoms with E-state index in [2.05, 4.69) is 6.58 Å². The summed E-state index contributed by atoms with van der Waals surface area (Å²) in [6.45, 7) is 5.75. The van der Waals surface area contributed by atoms with Gasteiger partial charge in [0, 0.05) is 12.7 Å². The van der Waals surface area contributed by atoms with Crippen molar-refractivity contribution in [2.75, 3.05) is 14.2 Å². The third-order valence-electron chi connectivity index (χ3n) is 3.29. The highest BCUT2D eigenvalue weighted by Gasteiger charge is 2.54. The Kier molecular flexibility index (Phi) is 2.52. The lowest BCUT2D eigenvalue weighted by atomic mass is 9.66. The summed E-state index contributed by atoms with van der Waals surface area (Å²) in [5.41, 5.74) is 1.70. The molecule has 16 heavy (non-hydrogen) atoms. The van der Waals surface area contributed by atoms with Gasteiger partial charge in [-0.25, -0.2) is 0 Å². The van der Waals surface area contributed by atoms with E-state index in [4.69, 9.17) is 9.47 Å². The number of hydrogen-bond acceptors (Lipinski definition) is 3. The molecule has 3 heteroatoms. The van der Waals surface area contributed by atoms with E-state index in [1.54, 1.807) is 14.2 Å². The number of aliphatic hydroxyl groups is 1. The molecule has 0 radical (unpaired) electrons. The van der Waals surface area contributed by atoms with Crippen molar-refractivity contribution in [1.82, 2.24) is 0 Å². The van der Waals surface area contributed by atoms with Crippen LogP contribution in [0.5, 0.6) is 5.75 Å². The smallest absolute Gasteiger partial charge is 0.147 e. The number of methoxy groups -OCH3 is 2. The van der Waals surface area contributed by atoms with E-state index >= 15 is 0 Å². The van der Waals surface area contributed by atoms with Gasteiger partial charge in [0.05, 0.1) is 7.11 Å². The first-order valence-electron chi connectivity index (χ1n) is 5.16. The number of hydrogen-bond donors (Lipinski definition) is 1. The lowest BCUT2D eigenvalue weighted by Gasteiger charge is -2.48. The highest BCUT2D eigenvalue weighted by atomic mass is 16.5. The highest BCUT2D eigenvalue weighted by molar-refractivity contribution is 5.58. The van der Waals surface area contributed by atoms with Gasteiger partial charge >= 0.3 is 0 Å². The van der Waals surface area contributed by atoms with Gasteiger partial charge in [-0.3, -0.25) is 0 Å². The van der Waals surface area contributed by atoms with Crippen LogP contribution in [0.4, 0.5) is 0 Å². The Morgan fingerprint density at radius 1 is 1.44 bits per heavy atom. The first kappa shape index (κ1) is 11.2. The number of ether oxygens (including phenoxy) is 2. The van der Waals surface area contributed by atoms with Crippen LogP contribution in [0.2, 0.25) is 0 Å². The molecule has 86 valence electrons. The second-order valence-electron chi connectivity index (χ2n) is 4.05. The van der Waals surface area contributed by atoms with Crippen LogP contribution in [0, 0.1) is 0 Å². The Balaban J connectivity index is 2.64. The number of aliphatic hydroxyl groups excluding tert-OH is 1. The lowest BCUT2D eigenvalue weighted by molar-refractivity contribution is -0.113. The molecule has 0 aromatic heterocycles. The quantitative estimate of drug-likeness (QED) is 0.793. The van der Waals surface area contributed by atoms with Crippen LogP contribution >= 0.6 is 0 Å². The van der Waals surface area contributed by atoms with Gasteiger partial charge in [-0.1, -0.05) is 18.7 Å². The van der Waals surface area contributed by atoms with Crippen molar-refractivity contribution < 1.29 is 14.6 Å². The zero-order valence-corrected chi connectivity index (χ0v) is 9.78. The van der Waals surface area contributed by atoms with Gasteiger partial charge in [0.25, 0.3) is 0 Å². The van der Waals surface area contributed by atoms with Crippen molar-refractivity contribution in [2.45, 2.75) is 18.6 Å². The van der Waals surface area contributed by atoms with Crippen LogP contribution in [0.1, 0.15) is 24.2 Å². The molecular weight excluding hydrogens is 204 g/mol. The van der Waals surface area contributed by atoms with Crippen molar-refractivity contribution in [1.29, 1.82) is 0 Å². The van der Waals surface area contributed by atoms with Crippen LogP contribution in [-0.2, 0) is 10.3 Å². The van der Waals surface area contributed by atoms with E-state index in [1.807, 2.05) is 25.1 Å². The maximum Gasteiger partial charge on any atom is 0.147 e. The molecule has 0 amide bonds. The molecule has 1 aliphatic rings. The molecule has 1 aliphatic carbocycles. The molecule has 0 heterocycles. The minimum Gasteiger partial charge on any atom is -0.496 e. The summed E-state index contributed by atoms with van der Waals surface area (Å²) in [5.74, 6) is 0.729. The van der Waals surface area contributed by atoms with Crippen LogP contribution in [0.15, 0.2) is 30.4 Å². The molecule has 3 nitrogen and oxygen atoms in total. The Morgan fingerprint density at radius 3 is 2.62 bits per heavy atom. The van der Waals surface area contributed by atoms with Crippen LogP contribution in [-0.4, -0.2) is 19.3 Å². The normalized spacial score (nSPS) is 26.9. The Bertz CT molecular complexity index is 425. The first-order valence-corrected chi connectivity index (χ1v) is 5.16. The summed E-state index contributed by atoms with van der Waals surface area (Å²) < 4.78 is 10.8. The average Bonchev–Trinajstić information content (AvgIpc) is 2.29. The van der Waals surface area contributed by atoms with Gasteiger partial charge in [0.15, 0.2) is 0 Å². The van der Waals surface area contributed by atoms with E-state index in [-0.39, 0.29) is 0 Å². The second-order valence-corrected chi connectivity index (χ2v) is 4.05. The van der Waals surface area contributed by atoms with Gasteiger partial charge in [0.1, 0.15) is 17.5 Å². The lowest BCUT2D eigenvalue weighted by Crippen LogP contribution is -2.46. The predicted molar refractivity (Wildman–Crippen MR) is 61.5 cm³/mol. The van der Waals surface area contributed by atoms with E-state index in [0.29, 0.717) is 0 Å². The predicted octanol–water partition coefficient (Wildman–Crippen LogP) is 2.16. The Hall–Kier alpha value is -1.32. The van der Waals surface area contributed by atoms with E-state index in [9.17, 15) is 5.11 Å². The molecular formula is C13H16O3.